The molecule has 0 saturated carbocycles. The van der Waals surface area contributed by atoms with E-state index in [-0.39, 0.29) is 18.4 Å². The van der Waals surface area contributed by atoms with Crippen LogP contribution in [0, 0.1) is 13.8 Å². The van der Waals surface area contributed by atoms with Gasteiger partial charge in [-0.1, -0.05) is 11.6 Å². The molecule has 1 aromatic rings. The summed E-state index contributed by atoms with van der Waals surface area (Å²) in [6, 6.07) is 1.87. The first-order chi connectivity index (χ1) is 10.0. The molecule has 1 aliphatic rings. The molecule has 116 valence electrons. The van der Waals surface area contributed by atoms with Crippen LogP contribution in [0.5, 0.6) is 5.75 Å². The number of aryl methyl sites for hydroxylation is 1. The van der Waals surface area contributed by atoms with Crippen LogP contribution in [0.2, 0.25) is 5.02 Å². The predicted octanol–water partition coefficient (Wildman–Crippen LogP) is 2.80. The highest BCUT2D eigenvalue weighted by atomic mass is 35.5. The minimum absolute atomic E-state index is 0.0354. The molecule has 1 aromatic carbocycles. The van der Waals surface area contributed by atoms with Crippen molar-refractivity contribution in [2.24, 2.45) is 0 Å². The van der Waals surface area contributed by atoms with Crippen molar-refractivity contribution in [2.45, 2.75) is 39.2 Å². The summed E-state index contributed by atoms with van der Waals surface area (Å²) in [5.74, 6) is 0.675. The van der Waals surface area contributed by atoms with Gasteiger partial charge in [0.2, 0.25) is 5.91 Å². The van der Waals surface area contributed by atoms with E-state index < -0.39 is 0 Å². The summed E-state index contributed by atoms with van der Waals surface area (Å²) in [6.45, 7) is 5.21. The van der Waals surface area contributed by atoms with Gasteiger partial charge < -0.3 is 14.8 Å². The topological polar surface area (TPSA) is 47.6 Å². The first kappa shape index (κ1) is 16.1. The fourth-order valence-corrected chi connectivity index (χ4v) is 2.79. The van der Waals surface area contributed by atoms with Crippen molar-refractivity contribution in [3.63, 3.8) is 0 Å². The summed E-state index contributed by atoms with van der Waals surface area (Å²) in [7, 11) is 1.61. The Labute approximate surface area is 130 Å². The van der Waals surface area contributed by atoms with Crippen molar-refractivity contribution < 1.29 is 14.3 Å². The standard InChI is InChI=1S/C16H22ClNO3/c1-10-7-14(20-3)13(11(2)16(10)17)8-15(19)18-9-12-5-4-6-21-12/h7,12H,4-6,8-9H2,1-3H3,(H,18,19). The van der Waals surface area contributed by atoms with Crippen LogP contribution in [0.25, 0.3) is 0 Å². The van der Waals surface area contributed by atoms with Crippen LogP contribution in [-0.2, 0) is 16.0 Å². The molecular formula is C16H22ClNO3. The maximum Gasteiger partial charge on any atom is 0.224 e. The van der Waals surface area contributed by atoms with Gasteiger partial charge in [-0.25, -0.2) is 0 Å². The van der Waals surface area contributed by atoms with Crippen LogP contribution in [0.3, 0.4) is 0 Å². The van der Waals surface area contributed by atoms with Crippen LogP contribution in [0.1, 0.15) is 29.5 Å². The lowest BCUT2D eigenvalue weighted by Crippen LogP contribution is -2.33. The fraction of sp³-hybridized carbons (Fsp3) is 0.562. The normalized spacial score (nSPS) is 17.8. The zero-order valence-electron chi connectivity index (χ0n) is 12.8. The number of ether oxygens (including phenoxy) is 2. The summed E-state index contributed by atoms with van der Waals surface area (Å²) in [4.78, 5) is 12.1. The molecule has 21 heavy (non-hydrogen) atoms. The maximum atomic E-state index is 12.1. The van der Waals surface area contributed by atoms with Crippen molar-refractivity contribution >= 4 is 17.5 Å². The molecule has 1 unspecified atom stereocenters. The Balaban J connectivity index is 2.04. The summed E-state index contributed by atoms with van der Waals surface area (Å²) >= 11 is 6.27. The van der Waals surface area contributed by atoms with Crippen molar-refractivity contribution in [3.8, 4) is 5.75 Å². The molecule has 1 atom stereocenters. The van der Waals surface area contributed by atoms with E-state index in [0.29, 0.717) is 17.3 Å². The van der Waals surface area contributed by atoms with Gasteiger partial charge in [-0.05, 0) is 43.9 Å². The lowest BCUT2D eigenvalue weighted by molar-refractivity contribution is -0.121. The van der Waals surface area contributed by atoms with E-state index in [1.165, 1.54) is 0 Å². The Hall–Kier alpha value is -1.26. The van der Waals surface area contributed by atoms with E-state index in [9.17, 15) is 4.79 Å². The molecule has 4 nitrogen and oxygen atoms in total. The second-order valence-corrected chi connectivity index (χ2v) is 5.81. The number of amides is 1. The van der Waals surface area contributed by atoms with E-state index >= 15 is 0 Å². The van der Waals surface area contributed by atoms with E-state index in [1.54, 1.807) is 7.11 Å². The Morgan fingerprint density at radius 3 is 2.90 bits per heavy atom. The number of carbonyl (C=O) groups is 1. The average Bonchev–Trinajstić information content (AvgIpc) is 2.99. The van der Waals surface area contributed by atoms with Gasteiger partial charge in [-0.3, -0.25) is 4.79 Å². The third-order valence-electron chi connectivity index (χ3n) is 3.88. The number of carbonyl (C=O) groups excluding carboxylic acids is 1. The summed E-state index contributed by atoms with van der Waals surface area (Å²) < 4.78 is 10.9. The molecule has 0 radical (unpaired) electrons. The highest BCUT2D eigenvalue weighted by Crippen LogP contribution is 2.31. The molecular weight excluding hydrogens is 290 g/mol. The second-order valence-electron chi connectivity index (χ2n) is 5.43. The third kappa shape index (κ3) is 3.89. The molecule has 1 saturated heterocycles. The summed E-state index contributed by atoms with van der Waals surface area (Å²) in [5.41, 5.74) is 2.70. The molecule has 0 aliphatic carbocycles. The molecule has 1 aliphatic heterocycles. The molecule has 2 rings (SSSR count). The largest absolute Gasteiger partial charge is 0.496 e. The van der Waals surface area contributed by atoms with E-state index in [4.69, 9.17) is 21.1 Å². The second kappa shape index (κ2) is 7.14. The highest BCUT2D eigenvalue weighted by molar-refractivity contribution is 6.32. The molecule has 0 bridgehead atoms. The Kier molecular flexibility index (Phi) is 5.48. The lowest BCUT2D eigenvalue weighted by Gasteiger charge is -2.16. The number of methoxy groups -OCH3 is 1. The maximum absolute atomic E-state index is 12.1. The number of rotatable bonds is 5. The van der Waals surface area contributed by atoms with Crippen molar-refractivity contribution in [2.75, 3.05) is 20.3 Å². The smallest absolute Gasteiger partial charge is 0.224 e. The minimum atomic E-state index is -0.0354. The highest BCUT2D eigenvalue weighted by Gasteiger charge is 2.18. The minimum Gasteiger partial charge on any atom is -0.496 e. The zero-order valence-corrected chi connectivity index (χ0v) is 13.5. The van der Waals surface area contributed by atoms with E-state index in [0.717, 1.165) is 36.1 Å². The Morgan fingerprint density at radius 2 is 2.29 bits per heavy atom. The van der Waals surface area contributed by atoms with Gasteiger partial charge in [0.05, 0.1) is 19.6 Å². The third-order valence-corrected chi connectivity index (χ3v) is 4.46. The Morgan fingerprint density at radius 1 is 1.52 bits per heavy atom. The molecule has 0 aromatic heterocycles. The van der Waals surface area contributed by atoms with Crippen molar-refractivity contribution in [1.29, 1.82) is 0 Å². The van der Waals surface area contributed by atoms with Gasteiger partial charge in [0.1, 0.15) is 5.75 Å². The van der Waals surface area contributed by atoms with Crippen LogP contribution < -0.4 is 10.1 Å². The monoisotopic (exact) mass is 311 g/mol. The van der Waals surface area contributed by atoms with Crippen LogP contribution in [-0.4, -0.2) is 32.3 Å². The van der Waals surface area contributed by atoms with Crippen LogP contribution in [0.4, 0.5) is 0 Å². The van der Waals surface area contributed by atoms with Crippen LogP contribution in [0.15, 0.2) is 6.07 Å². The first-order valence-corrected chi connectivity index (χ1v) is 7.61. The summed E-state index contributed by atoms with van der Waals surface area (Å²) in [6.07, 6.45) is 2.50. The number of nitrogens with one attached hydrogen (secondary N) is 1. The SMILES string of the molecule is COc1cc(C)c(Cl)c(C)c1CC(=O)NCC1CCCO1. The quantitative estimate of drug-likeness (QED) is 0.909. The Bertz CT molecular complexity index is 525. The number of hydrogen-bond acceptors (Lipinski definition) is 3. The average molecular weight is 312 g/mol. The van der Waals surface area contributed by atoms with Crippen molar-refractivity contribution in [1.82, 2.24) is 5.32 Å². The van der Waals surface area contributed by atoms with Gasteiger partial charge in [0, 0.05) is 23.7 Å². The van der Waals surface area contributed by atoms with Gasteiger partial charge in [-0.15, -0.1) is 0 Å². The lowest BCUT2D eigenvalue weighted by atomic mass is 10.0. The molecule has 0 spiro atoms. The molecule has 1 amide bonds. The van der Waals surface area contributed by atoms with Gasteiger partial charge in [-0.2, -0.15) is 0 Å². The first-order valence-electron chi connectivity index (χ1n) is 7.23. The molecule has 1 N–H and O–H groups in total. The van der Waals surface area contributed by atoms with Crippen LogP contribution >= 0.6 is 11.6 Å². The van der Waals surface area contributed by atoms with Gasteiger partial charge >= 0.3 is 0 Å². The predicted molar refractivity (Wildman–Crippen MR) is 83.2 cm³/mol. The summed E-state index contributed by atoms with van der Waals surface area (Å²) in [5, 5.41) is 3.62. The van der Waals surface area contributed by atoms with Gasteiger partial charge in [0.25, 0.3) is 0 Å². The number of benzene rings is 1. The number of hydrogen-bond donors (Lipinski definition) is 1. The van der Waals surface area contributed by atoms with Gasteiger partial charge in [0.15, 0.2) is 0 Å². The molecule has 1 heterocycles. The zero-order chi connectivity index (χ0) is 15.4. The fourth-order valence-electron chi connectivity index (χ4n) is 2.62. The van der Waals surface area contributed by atoms with E-state index in [1.807, 2.05) is 19.9 Å². The van der Waals surface area contributed by atoms with E-state index in [2.05, 4.69) is 5.32 Å². The molecule has 5 heteroatoms. The molecule has 1 fully saturated rings. The van der Waals surface area contributed by atoms with Crippen molar-refractivity contribution in [3.05, 3.63) is 27.8 Å². The number of halogens is 1.